The molecule has 17 heavy (non-hydrogen) atoms. The van der Waals surface area contributed by atoms with Gasteiger partial charge in [0, 0.05) is 30.3 Å². The van der Waals surface area contributed by atoms with E-state index in [2.05, 4.69) is 40.1 Å². The highest BCUT2D eigenvalue weighted by molar-refractivity contribution is 7.15. The van der Waals surface area contributed by atoms with E-state index in [-0.39, 0.29) is 5.54 Å². The first-order valence-corrected chi connectivity index (χ1v) is 6.80. The maximum absolute atomic E-state index is 5.45. The van der Waals surface area contributed by atoms with E-state index in [9.17, 15) is 0 Å². The van der Waals surface area contributed by atoms with Crippen LogP contribution in [0.3, 0.4) is 0 Å². The van der Waals surface area contributed by atoms with Crippen LogP contribution in [0, 0.1) is 6.92 Å². The molecule has 0 spiro atoms. The highest BCUT2D eigenvalue weighted by Gasteiger charge is 2.29. The van der Waals surface area contributed by atoms with E-state index in [0.717, 1.165) is 36.8 Å². The number of ether oxygens (including phenoxy) is 1. The van der Waals surface area contributed by atoms with E-state index in [4.69, 9.17) is 4.74 Å². The van der Waals surface area contributed by atoms with Gasteiger partial charge < -0.3 is 10.1 Å². The molecule has 1 N–H and O–H groups in total. The molecular formula is C12H17N3OS. The van der Waals surface area contributed by atoms with Gasteiger partial charge in [0.15, 0.2) is 4.96 Å². The summed E-state index contributed by atoms with van der Waals surface area (Å²) in [5.41, 5.74) is 2.49. The van der Waals surface area contributed by atoms with Gasteiger partial charge in [0.1, 0.15) is 0 Å². The summed E-state index contributed by atoms with van der Waals surface area (Å²) in [5.74, 6) is 0. The fraction of sp³-hybridized carbons (Fsp3) is 0.583. The molecule has 0 aromatic carbocycles. The molecule has 0 bridgehead atoms. The Morgan fingerprint density at radius 2 is 2.53 bits per heavy atom. The van der Waals surface area contributed by atoms with Crippen molar-refractivity contribution >= 4 is 16.3 Å². The predicted molar refractivity (Wildman–Crippen MR) is 68.5 cm³/mol. The smallest absolute Gasteiger partial charge is 0.194 e. The van der Waals surface area contributed by atoms with Crippen LogP contribution >= 0.6 is 11.3 Å². The van der Waals surface area contributed by atoms with Crippen molar-refractivity contribution in [1.29, 1.82) is 0 Å². The summed E-state index contributed by atoms with van der Waals surface area (Å²) < 4.78 is 7.62. The van der Waals surface area contributed by atoms with Crippen molar-refractivity contribution in [3.8, 4) is 0 Å². The average Bonchev–Trinajstić information content (AvgIpc) is 2.93. The van der Waals surface area contributed by atoms with Gasteiger partial charge in [-0.3, -0.25) is 4.40 Å². The molecule has 2 aromatic rings. The van der Waals surface area contributed by atoms with E-state index in [1.54, 1.807) is 11.3 Å². The van der Waals surface area contributed by atoms with Crippen LogP contribution in [0.1, 0.15) is 24.7 Å². The van der Waals surface area contributed by atoms with Gasteiger partial charge in [-0.25, -0.2) is 4.98 Å². The van der Waals surface area contributed by atoms with Gasteiger partial charge in [0.25, 0.3) is 0 Å². The first-order chi connectivity index (χ1) is 8.18. The van der Waals surface area contributed by atoms with Crippen molar-refractivity contribution in [3.63, 3.8) is 0 Å². The highest BCUT2D eigenvalue weighted by atomic mass is 32.1. The Hall–Kier alpha value is -0.910. The molecule has 92 valence electrons. The summed E-state index contributed by atoms with van der Waals surface area (Å²) in [4.78, 5) is 5.63. The first kappa shape index (κ1) is 11.2. The molecule has 0 aliphatic carbocycles. The minimum atomic E-state index is 0.118. The SMILES string of the molecule is Cc1nc2sccn2c1CNC1(C)CCOC1. The van der Waals surface area contributed by atoms with E-state index in [0.29, 0.717) is 0 Å². The summed E-state index contributed by atoms with van der Waals surface area (Å²) >= 11 is 1.68. The Morgan fingerprint density at radius 3 is 3.29 bits per heavy atom. The van der Waals surface area contributed by atoms with Crippen molar-refractivity contribution in [2.75, 3.05) is 13.2 Å². The van der Waals surface area contributed by atoms with Gasteiger partial charge >= 0.3 is 0 Å². The lowest BCUT2D eigenvalue weighted by molar-refractivity contribution is 0.171. The molecule has 4 nitrogen and oxygen atoms in total. The number of hydrogen-bond donors (Lipinski definition) is 1. The number of aromatic nitrogens is 2. The zero-order chi connectivity index (χ0) is 11.9. The number of nitrogens with one attached hydrogen (secondary N) is 1. The quantitative estimate of drug-likeness (QED) is 0.906. The normalized spacial score (nSPS) is 24.8. The minimum absolute atomic E-state index is 0.118. The van der Waals surface area contributed by atoms with Crippen LogP contribution in [0.15, 0.2) is 11.6 Å². The fourth-order valence-corrected chi connectivity index (χ4v) is 3.04. The molecule has 1 atom stereocenters. The number of imidazole rings is 1. The Morgan fingerprint density at radius 1 is 1.65 bits per heavy atom. The standard InChI is InChI=1S/C12H17N3OS/c1-9-10(15-4-6-17-11(15)14-9)7-13-12(2)3-5-16-8-12/h4,6,13H,3,5,7-8H2,1-2H3. The maximum Gasteiger partial charge on any atom is 0.194 e. The Kier molecular flexibility index (Phi) is 2.69. The van der Waals surface area contributed by atoms with Gasteiger partial charge in [-0.15, -0.1) is 11.3 Å². The van der Waals surface area contributed by atoms with E-state index in [1.165, 1.54) is 5.69 Å². The molecule has 3 heterocycles. The third kappa shape index (κ3) is 1.99. The molecule has 5 heteroatoms. The minimum Gasteiger partial charge on any atom is -0.379 e. The number of thiazole rings is 1. The number of rotatable bonds is 3. The van der Waals surface area contributed by atoms with Gasteiger partial charge in [-0.05, 0) is 20.3 Å². The van der Waals surface area contributed by atoms with Gasteiger partial charge in [-0.1, -0.05) is 0 Å². The van der Waals surface area contributed by atoms with Crippen LogP contribution in [-0.2, 0) is 11.3 Å². The lowest BCUT2D eigenvalue weighted by atomic mass is 10.0. The van der Waals surface area contributed by atoms with Gasteiger partial charge in [-0.2, -0.15) is 0 Å². The Labute approximate surface area is 105 Å². The van der Waals surface area contributed by atoms with Crippen molar-refractivity contribution in [1.82, 2.24) is 14.7 Å². The van der Waals surface area contributed by atoms with Crippen molar-refractivity contribution in [2.45, 2.75) is 32.4 Å². The molecule has 0 radical (unpaired) electrons. The molecule has 1 fully saturated rings. The number of hydrogen-bond acceptors (Lipinski definition) is 4. The molecule has 3 rings (SSSR count). The third-order valence-corrected chi connectivity index (χ3v) is 4.22. The molecule has 1 aliphatic heterocycles. The van der Waals surface area contributed by atoms with E-state index >= 15 is 0 Å². The second kappa shape index (κ2) is 4.08. The van der Waals surface area contributed by atoms with Crippen LogP contribution < -0.4 is 5.32 Å². The van der Waals surface area contributed by atoms with Crippen LogP contribution in [-0.4, -0.2) is 28.1 Å². The fourth-order valence-electron chi connectivity index (χ4n) is 2.26. The molecule has 2 aromatic heterocycles. The summed E-state index contributed by atoms with van der Waals surface area (Å²) in [6.45, 7) is 6.81. The zero-order valence-corrected chi connectivity index (χ0v) is 11.0. The Bertz CT molecular complexity index is 525. The Balaban J connectivity index is 1.80. The second-order valence-electron chi connectivity index (χ2n) is 4.92. The van der Waals surface area contributed by atoms with Crippen LogP contribution in [0.4, 0.5) is 0 Å². The topological polar surface area (TPSA) is 38.6 Å². The molecule has 1 unspecified atom stereocenters. The molecule has 0 amide bonds. The molecule has 0 saturated carbocycles. The van der Waals surface area contributed by atoms with E-state index < -0.39 is 0 Å². The summed E-state index contributed by atoms with van der Waals surface area (Å²) in [6, 6.07) is 0. The van der Waals surface area contributed by atoms with E-state index in [1.807, 2.05) is 0 Å². The molecule has 1 saturated heterocycles. The van der Waals surface area contributed by atoms with Gasteiger partial charge in [0.05, 0.1) is 18.0 Å². The molecule has 1 aliphatic rings. The first-order valence-electron chi connectivity index (χ1n) is 5.92. The average molecular weight is 251 g/mol. The monoisotopic (exact) mass is 251 g/mol. The maximum atomic E-state index is 5.45. The van der Waals surface area contributed by atoms with Crippen LogP contribution in [0.2, 0.25) is 0 Å². The van der Waals surface area contributed by atoms with Gasteiger partial charge in [0.2, 0.25) is 0 Å². The summed E-state index contributed by atoms with van der Waals surface area (Å²) in [5, 5.41) is 5.68. The van der Waals surface area contributed by atoms with Crippen LogP contribution in [0.25, 0.3) is 4.96 Å². The largest absolute Gasteiger partial charge is 0.379 e. The van der Waals surface area contributed by atoms with Crippen molar-refractivity contribution < 1.29 is 4.74 Å². The third-order valence-electron chi connectivity index (χ3n) is 3.46. The number of nitrogens with zero attached hydrogens (tertiary/aromatic N) is 2. The summed E-state index contributed by atoms with van der Waals surface area (Å²) in [6.07, 6.45) is 3.17. The highest BCUT2D eigenvalue weighted by Crippen LogP contribution is 2.20. The summed E-state index contributed by atoms with van der Waals surface area (Å²) in [7, 11) is 0. The predicted octanol–water partition coefficient (Wildman–Crippen LogP) is 1.97. The lowest BCUT2D eigenvalue weighted by Crippen LogP contribution is -2.42. The molecular weight excluding hydrogens is 234 g/mol. The van der Waals surface area contributed by atoms with Crippen molar-refractivity contribution in [2.24, 2.45) is 0 Å². The van der Waals surface area contributed by atoms with Crippen molar-refractivity contribution in [3.05, 3.63) is 23.0 Å². The zero-order valence-electron chi connectivity index (χ0n) is 10.2. The lowest BCUT2D eigenvalue weighted by Gasteiger charge is -2.23. The second-order valence-corrected chi connectivity index (χ2v) is 5.79. The van der Waals surface area contributed by atoms with Crippen LogP contribution in [0.5, 0.6) is 0 Å². The number of fused-ring (bicyclic) bond motifs is 1. The number of aryl methyl sites for hydroxylation is 1.